The average Bonchev–Trinajstić information content (AvgIpc) is 3.01. The highest BCUT2D eigenvalue weighted by Gasteiger charge is 2.49. The van der Waals surface area contributed by atoms with Gasteiger partial charge in [-0.3, -0.25) is 14.5 Å². The molecule has 2 aromatic carbocycles. The van der Waals surface area contributed by atoms with E-state index in [1.165, 1.54) is 24.0 Å². The molecule has 2 N–H and O–H groups in total. The van der Waals surface area contributed by atoms with Crippen molar-refractivity contribution in [3.63, 3.8) is 0 Å². The van der Waals surface area contributed by atoms with Crippen LogP contribution in [-0.4, -0.2) is 42.5 Å². The van der Waals surface area contributed by atoms with Gasteiger partial charge in [-0.1, -0.05) is 24.3 Å². The molecule has 3 aliphatic rings. The van der Waals surface area contributed by atoms with E-state index in [1.54, 1.807) is 25.1 Å². The lowest BCUT2D eigenvalue weighted by Crippen LogP contribution is -2.43. The summed E-state index contributed by atoms with van der Waals surface area (Å²) in [5.41, 5.74) is 3.02. The number of nitrogens with zero attached hydrogens (tertiary/aromatic N) is 1. The molecule has 4 amide bonds. The Bertz CT molecular complexity index is 1180. The van der Waals surface area contributed by atoms with Crippen LogP contribution in [0.25, 0.3) is 0 Å². The number of aryl methyl sites for hydroxylation is 2. The highest BCUT2D eigenvalue weighted by Crippen LogP contribution is 2.36. The number of carbonyl (C=O) groups is 3. The molecule has 184 valence electrons. The fourth-order valence-corrected chi connectivity index (χ4v) is 5.05. The Balaban J connectivity index is 1.27. The zero-order valence-electron chi connectivity index (χ0n) is 20.2. The normalized spacial score (nSPS) is 22.2. The molecule has 35 heavy (non-hydrogen) atoms. The Kier molecular flexibility index (Phi) is 6.13. The van der Waals surface area contributed by atoms with Crippen LogP contribution in [0, 0.1) is 0 Å². The highest BCUT2D eigenvalue weighted by atomic mass is 16.5. The lowest BCUT2D eigenvalue weighted by molar-refractivity contribution is -0.135. The minimum absolute atomic E-state index is 0.233. The molecule has 2 unspecified atom stereocenters. The number of rotatable bonds is 5. The van der Waals surface area contributed by atoms with Crippen molar-refractivity contribution >= 4 is 17.8 Å². The summed E-state index contributed by atoms with van der Waals surface area (Å²) >= 11 is 0. The molecule has 1 saturated heterocycles. The third-order valence-corrected chi connectivity index (χ3v) is 7.15. The van der Waals surface area contributed by atoms with E-state index < -0.39 is 17.5 Å². The van der Waals surface area contributed by atoms with E-state index in [0.29, 0.717) is 30.3 Å². The molecule has 2 atom stereocenters. The minimum atomic E-state index is -1.30. The van der Waals surface area contributed by atoms with Gasteiger partial charge in [-0.05, 0) is 73.9 Å². The van der Waals surface area contributed by atoms with Gasteiger partial charge in [0.2, 0.25) is 5.91 Å². The second kappa shape index (κ2) is 9.24. The Hall–Kier alpha value is -3.55. The standard InChI is InChI=1S/C27H31N3O5/c1-17(19-9-8-18-6-3-4-7-20(18)14-19)28-24(31)16-30-25(32)27(2,29-26(30)33)21-10-11-22-23(15-21)35-13-5-12-34-22/h8-11,14-15,17H,3-7,12-13,16H2,1-2H3,(H,28,31)(H,29,33). The van der Waals surface area contributed by atoms with Crippen LogP contribution in [0.1, 0.15) is 61.4 Å². The summed E-state index contributed by atoms with van der Waals surface area (Å²) in [6.07, 6.45) is 5.33. The molecule has 2 aromatic rings. The molecule has 0 bridgehead atoms. The van der Waals surface area contributed by atoms with E-state index in [9.17, 15) is 14.4 Å². The minimum Gasteiger partial charge on any atom is -0.490 e. The number of ether oxygens (including phenoxy) is 2. The smallest absolute Gasteiger partial charge is 0.325 e. The number of urea groups is 1. The van der Waals surface area contributed by atoms with Crippen LogP contribution in [0.4, 0.5) is 4.79 Å². The van der Waals surface area contributed by atoms with Crippen LogP contribution in [0.3, 0.4) is 0 Å². The van der Waals surface area contributed by atoms with Crippen LogP contribution < -0.4 is 20.1 Å². The Morgan fingerprint density at radius 2 is 1.77 bits per heavy atom. The van der Waals surface area contributed by atoms with Crippen molar-refractivity contribution < 1.29 is 23.9 Å². The maximum Gasteiger partial charge on any atom is 0.325 e. The van der Waals surface area contributed by atoms with Gasteiger partial charge in [-0.15, -0.1) is 0 Å². The number of imide groups is 1. The molecule has 8 nitrogen and oxygen atoms in total. The number of benzene rings is 2. The number of carbonyl (C=O) groups excluding carboxylic acids is 3. The highest BCUT2D eigenvalue weighted by molar-refractivity contribution is 6.09. The zero-order chi connectivity index (χ0) is 24.6. The van der Waals surface area contributed by atoms with E-state index in [1.807, 2.05) is 13.0 Å². The summed E-state index contributed by atoms with van der Waals surface area (Å²) in [6, 6.07) is 10.7. The van der Waals surface area contributed by atoms with Crippen molar-refractivity contribution in [2.45, 2.75) is 57.5 Å². The van der Waals surface area contributed by atoms with Gasteiger partial charge in [0, 0.05) is 6.42 Å². The molecule has 0 aromatic heterocycles. The third kappa shape index (κ3) is 4.45. The maximum absolute atomic E-state index is 13.3. The van der Waals surface area contributed by atoms with Crippen LogP contribution in [-0.2, 0) is 28.0 Å². The Labute approximate surface area is 205 Å². The van der Waals surface area contributed by atoms with Crippen molar-refractivity contribution in [1.29, 1.82) is 0 Å². The quantitative estimate of drug-likeness (QED) is 0.644. The number of nitrogens with one attached hydrogen (secondary N) is 2. The van der Waals surface area contributed by atoms with Crippen molar-refractivity contribution in [2.75, 3.05) is 19.8 Å². The second-order valence-electron chi connectivity index (χ2n) is 9.68. The lowest BCUT2D eigenvalue weighted by Gasteiger charge is -2.23. The number of hydrogen-bond donors (Lipinski definition) is 2. The molecule has 5 rings (SSSR count). The number of fused-ring (bicyclic) bond motifs is 2. The van der Waals surface area contributed by atoms with E-state index in [4.69, 9.17) is 9.47 Å². The van der Waals surface area contributed by atoms with Crippen molar-refractivity contribution in [3.05, 3.63) is 58.7 Å². The van der Waals surface area contributed by atoms with Gasteiger partial charge in [0.05, 0.1) is 19.3 Å². The predicted molar refractivity (Wildman–Crippen MR) is 129 cm³/mol. The van der Waals surface area contributed by atoms with Gasteiger partial charge in [-0.25, -0.2) is 4.79 Å². The zero-order valence-corrected chi connectivity index (χ0v) is 20.2. The van der Waals surface area contributed by atoms with Crippen molar-refractivity contribution in [3.8, 4) is 11.5 Å². The van der Waals surface area contributed by atoms with Gasteiger partial charge >= 0.3 is 6.03 Å². The Morgan fingerprint density at radius 3 is 2.57 bits per heavy atom. The SMILES string of the molecule is CC(NC(=O)CN1C(=O)NC(C)(c2ccc3c(c2)OCCCO3)C1=O)c1ccc2c(c1)CCCC2. The van der Waals surface area contributed by atoms with Gasteiger partial charge in [0.1, 0.15) is 12.1 Å². The Morgan fingerprint density at radius 1 is 1.03 bits per heavy atom. The van der Waals surface area contributed by atoms with Crippen LogP contribution in [0.5, 0.6) is 11.5 Å². The summed E-state index contributed by atoms with van der Waals surface area (Å²) in [6.45, 7) is 4.28. The largest absolute Gasteiger partial charge is 0.490 e. The fraction of sp³-hybridized carbons (Fsp3) is 0.444. The summed E-state index contributed by atoms with van der Waals surface area (Å²) in [4.78, 5) is 39.8. The maximum atomic E-state index is 13.3. The topological polar surface area (TPSA) is 97.0 Å². The van der Waals surface area contributed by atoms with E-state index in [0.717, 1.165) is 29.7 Å². The first kappa shape index (κ1) is 23.2. The summed E-state index contributed by atoms with van der Waals surface area (Å²) < 4.78 is 11.4. The first-order valence-corrected chi connectivity index (χ1v) is 12.3. The molecule has 1 aliphatic carbocycles. The summed E-state index contributed by atoms with van der Waals surface area (Å²) in [5.74, 6) is 0.285. The molecular weight excluding hydrogens is 446 g/mol. The fourth-order valence-electron chi connectivity index (χ4n) is 5.05. The molecule has 0 saturated carbocycles. The molecule has 1 fully saturated rings. The van der Waals surface area contributed by atoms with Gasteiger partial charge in [0.25, 0.3) is 5.91 Å². The van der Waals surface area contributed by atoms with Crippen LogP contribution >= 0.6 is 0 Å². The number of hydrogen-bond acceptors (Lipinski definition) is 5. The van der Waals surface area contributed by atoms with Crippen molar-refractivity contribution in [1.82, 2.24) is 15.5 Å². The second-order valence-corrected chi connectivity index (χ2v) is 9.68. The van der Waals surface area contributed by atoms with Gasteiger partial charge in [-0.2, -0.15) is 0 Å². The summed E-state index contributed by atoms with van der Waals surface area (Å²) in [5, 5.41) is 5.69. The molecule has 0 radical (unpaired) electrons. The van der Waals surface area contributed by atoms with E-state index in [-0.39, 0.29) is 18.5 Å². The third-order valence-electron chi connectivity index (χ3n) is 7.15. The van der Waals surface area contributed by atoms with E-state index in [2.05, 4.69) is 22.8 Å². The molecular formula is C27H31N3O5. The van der Waals surface area contributed by atoms with Crippen LogP contribution in [0.15, 0.2) is 36.4 Å². The molecule has 0 spiro atoms. The monoisotopic (exact) mass is 477 g/mol. The molecule has 8 heteroatoms. The van der Waals surface area contributed by atoms with Gasteiger partial charge < -0.3 is 20.1 Å². The lowest BCUT2D eigenvalue weighted by atomic mass is 9.89. The van der Waals surface area contributed by atoms with Crippen LogP contribution in [0.2, 0.25) is 0 Å². The van der Waals surface area contributed by atoms with Gasteiger partial charge in [0.15, 0.2) is 11.5 Å². The predicted octanol–water partition coefficient (Wildman–Crippen LogP) is 3.37. The average molecular weight is 478 g/mol. The molecule has 2 aliphatic heterocycles. The van der Waals surface area contributed by atoms with Crippen molar-refractivity contribution in [2.24, 2.45) is 0 Å². The first-order chi connectivity index (χ1) is 16.8. The van der Waals surface area contributed by atoms with E-state index >= 15 is 0 Å². The summed E-state index contributed by atoms with van der Waals surface area (Å²) in [7, 11) is 0. The number of amides is 4. The molecule has 2 heterocycles. The first-order valence-electron chi connectivity index (χ1n) is 12.3.